The molecule has 1 aromatic carbocycles. The molecule has 0 amide bonds. The molecule has 0 spiro atoms. The normalized spacial score (nSPS) is 21.7. The van der Waals surface area contributed by atoms with Crippen LogP contribution >= 0.6 is 23.2 Å². The first kappa shape index (κ1) is 13.1. The fourth-order valence-electron chi connectivity index (χ4n) is 1.91. The van der Waals surface area contributed by atoms with E-state index in [0.717, 1.165) is 18.7 Å². The lowest BCUT2D eigenvalue weighted by Crippen LogP contribution is -2.42. The number of benzene rings is 1. The van der Waals surface area contributed by atoms with Crippen molar-refractivity contribution in [2.45, 2.75) is 12.6 Å². The van der Waals surface area contributed by atoms with Crippen LogP contribution in [0.5, 0.6) is 0 Å². The molecule has 94 valence electrons. The van der Waals surface area contributed by atoms with E-state index in [-0.39, 0.29) is 16.9 Å². The van der Waals surface area contributed by atoms with Crippen molar-refractivity contribution in [1.82, 2.24) is 4.90 Å². The van der Waals surface area contributed by atoms with E-state index in [1.165, 1.54) is 6.07 Å². The highest BCUT2D eigenvalue weighted by Gasteiger charge is 2.19. The summed E-state index contributed by atoms with van der Waals surface area (Å²) in [5, 5.41) is 0.161. The zero-order chi connectivity index (χ0) is 12.3. The van der Waals surface area contributed by atoms with Crippen molar-refractivity contribution in [3.63, 3.8) is 0 Å². The molecule has 17 heavy (non-hydrogen) atoms. The SMILES string of the molecule is Fc1cc(CN2CCOC(CCl)C2)ccc1Cl. The van der Waals surface area contributed by atoms with E-state index in [1.807, 2.05) is 6.07 Å². The van der Waals surface area contributed by atoms with Gasteiger partial charge in [-0.3, -0.25) is 4.90 Å². The van der Waals surface area contributed by atoms with E-state index in [9.17, 15) is 4.39 Å². The summed E-state index contributed by atoms with van der Waals surface area (Å²) in [5.74, 6) is 0.122. The number of hydrogen-bond acceptors (Lipinski definition) is 2. The van der Waals surface area contributed by atoms with Gasteiger partial charge in [-0.1, -0.05) is 17.7 Å². The van der Waals surface area contributed by atoms with E-state index in [1.54, 1.807) is 6.07 Å². The van der Waals surface area contributed by atoms with Crippen LogP contribution in [0, 0.1) is 5.82 Å². The Bertz CT molecular complexity index is 389. The van der Waals surface area contributed by atoms with Crippen molar-refractivity contribution in [1.29, 1.82) is 0 Å². The summed E-state index contributed by atoms with van der Waals surface area (Å²) in [6.07, 6.45) is 0.0718. The highest BCUT2D eigenvalue weighted by molar-refractivity contribution is 6.30. The van der Waals surface area contributed by atoms with E-state index >= 15 is 0 Å². The van der Waals surface area contributed by atoms with Gasteiger partial charge in [0.15, 0.2) is 0 Å². The van der Waals surface area contributed by atoms with E-state index in [0.29, 0.717) is 19.0 Å². The largest absolute Gasteiger partial charge is 0.374 e. The molecule has 0 saturated carbocycles. The van der Waals surface area contributed by atoms with Crippen molar-refractivity contribution < 1.29 is 9.13 Å². The van der Waals surface area contributed by atoms with Crippen LogP contribution in [-0.2, 0) is 11.3 Å². The number of halogens is 3. The van der Waals surface area contributed by atoms with Crippen LogP contribution in [0.4, 0.5) is 4.39 Å². The number of hydrogen-bond donors (Lipinski definition) is 0. The van der Waals surface area contributed by atoms with E-state index in [4.69, 9.17) is 27.9 Å². The Balaban J connectivity index is 1.97. The smallest absolute Gasteiger partial charge is 0.142 e. The molecule has 1 saturated heterocycles. The molecule has 2 nitrogen and oxygen atoms in total. The maximum Gasteiger partial charge on any atom is 0.142 e. The van der Waals surface area contributed by atoms with Gasteiger partial charge in [0.2, 0.25) is 0 Å². The molecule has 0 aliphatic carbocycles. The first-order valence-electron chi connectivity index (χ1n) is 5.53. The van der Waals surface area contributed by atoms with Crippen molar-refractivity contribution in [2.75, 3.05) is 25.6 Å². The maximum atomic E-state index is 13.3. The van der Waals surface area contributed by atoms with E-state index in [2.05, 4.69) is 4.90 Å². The number of ether oxygens (including phenoxy) is 1. The molecular weight excluding hydrogens is 264 g/mol. The van der Waals surface area contributed by atoms with Gasteiger partial charge in [0.1, 0.15) is 5.82 Å². The summed E-state index contributed by atoms with van der Waals surface area (Å²) in [7, 11) is 0. The fraction of sp³-hybridized carbons (Fsp3) is 0.500. The van der Waals surface area contributed by atoms with Gasteiger partial charge >= 0.3 is 0 Å². The van der Waals surface area contributed by atoms with Crippen LogP contribution in [0.1, 0.15) is 5.56 Å². The Morgan fingerprint density at radius 2 is 2.29 bits per heavy atom. The minimum Gasteiger partial charge on any atom is -0.374 e. The lowest BCUT2D eigenvalue weighted by molar-refractivity contribution is -0.0194. The molecule has 0 N–H and O–H groups in total. The van der Waals surface area contributed by atoms with Crippen molar-refractivity contribution in [3.05, 3.63) is 34.6 Å². The second-order valence-corrected chi connectivity index (χ2v) is 4.85. The average molecular weight is 278 g/mol. The Labute approximate surface area is 110 Å². The Morgan fingerprint density at radius 1 is 1.47 bits per heavy atom. The minimum absolute atomic E-state index is 0.0718. The summed E-state index contributed by atoms with van der Waals surface area (Å²) >= 11 is 11.4. The van der Waals surface area contributed by atoms with Crippen molar-refractivity contribution in [2.24, 2.45) is 0 Å². The third-order valence-corrected chi connectivity index (χ3v) is 3.44. The maximum absolute atomic E-state index is 13.3. The lowest BCUT2D eigenvalue weighted by atomic mass is 10.2. The second-order valence-electron chi connectivity index (χ2n) is 4.13. The highest BCUT2D eigenvalue weighted by Crippen LogP contribution is 2.18. The molecule has 1 unspecified atom stereocenters. The molecule has 1 aliphatic heterocycles. The van der Waals surface area contributed by atoms with Crippen LogP contribution in [0.2, 0.25) is 5.02 Å². The van der Waals surface area contributed by atoms with Crippen molar-refractivity contribution >= 4 is 23.2 Å². The Morgan fingerprint density at radius 3 is 3.00 bits per heavy atom. The monoisotopic (exact) mass is 277 g/mol. The minimum atomic E-state index is -0.369. The number of alkyl halides is 1. The summed E-state index contributed by atoms with van der Waals surface area (Å²) in [4.78, 5) is 2.21. The number of morpholine rings is 1. The molecule has 0 radical (unpaired) electrons. The van der Waals surface area contributed by atoms with Gasteiger partial charge in [0.05, 0.1) is 17.7 Å². The van der Waals surface area contributed by atoms with Gasteiger partial charge in [0.25, 0.3) is 0 Å². The Kier molecular flexibility index (Phi) is 4.62. The zero-order valence-electron chi connectivity index (χ0n) is 9.33. The molecule has 0 aromatic heterocycles. The van der Waals surface area contributed by atoms with Crippen molar-refractivity contribution in [3.8, 4) is 0 Å². The summed E-state index contributed by atoms with van der Waals surface area (Å²) in [6, 6.07) is 4.91. The first-order valence-corrected chi connectivity index (χ1v) is 6.44. The van der Waals surface area contributed by atoms with Crippen LogP contribution < -0.4 is 0 Å². The summed E-state index contributed by atoms with van der Waals surface area (Å²) in [6.45, 7) is 3.00. The molecular formula is C12H14Cl2FNO. The van der Waals surface area contributed by atoms with Crippen LogP contribution in [0.15, 0.2) is 18.2 Å². The lowest BCUT2D eigenvalue weighted by Gasteiger charge is -2.31. The summed E-state index contributed by atoms with van der Waals surface area (Å²) in [5.41, 5.74) is 0.919. The highest BCUT2D eigenvalue weighted by atomic mass is 35.5. The van der Waals surface area contributed by atoms with Crippen LogP contribution in [-0.4, -0.2) is 36.6 Å². The molecule has 1 aliphatic rings. The molecule has 5 heteroatoms. The molecule has 2 rings (SSSR count). The quantitative estimate of drug-likeness (QED) is 0.788. The van der Waals surface area contributed by atoms with Crippen LogP contribution in [0.3, 0.4) is 0 Å². The topological polar surface area (TPSA) is 12.5 Å². The average Bonchev–Trinajstić information content (AvgIpc) is 2.34. The number of nitrogens with zero attached hydrogens (tertiary/aromatic N) is 1. The van der Waals surface area contributed by atoms with Gasteiger partial charge < -0.3 is 4.74 Å². The Hall–Kier alpha value is -0.350. The number of rotatable bonds is 3. The van der Waals surface area contributed by atoms with Gasteiger partial charge in [0, 0.05) is 25.5 Å². The predicted molar refractivity (Wildman–Crippen MR) is 67.1 cm³/mol. The summed E-state index contributed by atoms with van der Waals surface area (Å²) < 4.78 is 18.7. The molecule has 1 atom stereocenters. The standard InChI is InChI=1S/C12H14Cl2FNO/c13-6-10-8-16(3-4-17-10)7-9-1-2-11(14)12(15)5-9/h1-2,5,10H,3-4,6-8H2. The molecule has 1 fully saturated rings. The van der Waals surface area contributed by atoms with Gasteiger partial charge in [-0.05, 0) is 17.7 Å². The predicted octanol–water partition coefficient (Wildman–Crippen LogP) is 2.92. The molecule has 1 heterocycles. The molecule has 0 bridgehead atoms. The van der Waals surface area contributed by atoms with Gasteiger partial charge in [-0.25, -0.2) is 4.39 Å². The third kappa shape index (κ3) is 3.55. The zero-order valence-corrected chi connectivity index (χ0v) is 10.8. The van der Waals surface area contributed by atoms with Gasteiger partial charge in [-0.2, -0.15) is 0 Å². The van der Waals surface area contributed by atoms with E-state index < -0.39 is 0 Å². The fourth-order valence-corrected chi connectivity index (χ4v) is 2.22. The third-order valence-electron chi connectivity index (χ3n) is 2.79. The first-order chi connectivity index (χ1) is 8.19. The van der Waals surface area contributed by atoms with Crippen LogP contribution in [0.25, 0.3) is 0 Å². The second kappa shape index (κ2) is 6.01. The molecule has 1 aromatic rings. The van der Waals surface area contributed by atoms with Gasteiger partial charge in [-0.15, -0.1) is 11.6 Å².